The van der Waals surface area contributed by atoms with E-state index < -0.39 is 39.5 Å². The van der Waals surface area contributed by atoms with E-state index in [1.165, 1.54) is 19.2 Å². The highest BCUT2D eigenvalue weighted by Crippen LogP contribution is 2.33. The van der Waals surface area contributed by atoms with Crippen LogP contribution in [0.1, 0.15) is 22.3 Å². The highest BCUT2D eigenvalue weighted by molar-refractivity contribution is 7.89. The summed E-state index contributed by atoms with van der Waals surface area (Å²) in [5, 5.41) is 2.20. The molecule has 1 amide bonds. The number of sulfonamides is 1. The number of halogens is 4. The van der Waals surface area contributed by atoms with Crippen LogP contribution in [0.3, 0.4) is 0 Å². The summed E-state index contributed by atoms with van der Waals surface area (Å²) in [4.78, 5) is 12.4. The van der Waals surface area contributed by atoms with Crippen molar-refractivity contribution >= 4 is 21.6 Å². The minimum atomic E-state index is -4.95. The molecule has 1 aliphatic heterocycles. The lowest BCUT2D eigenvalue weighted by atomic mass is 10.1. The van der Waals surface area contributed by atoms with Crippen LogP contribution in [0.5, 0.6) is 5.75 Å². The molecule has 1 aliphatic rings. The Morgan fingerprint density at radius 2 is 1.94 bits per heavy atom. The first kappa shape index (κ1) is 23.0. The van der Waals surface area contributed by atoms with Gasteiger partial charge in [-0.25, -0.2) is 17.5 Å². The van der Waals surface area contributed by atoms with E-state index in [-0.39, 0.29) is 28.5 Å². The molecule has 7 nitrogen and oxygen atoms in total. The molecule has 0 aliphatic carbocycles. The largest absolute Gasteiger partial charge is 0.496 e. The molecule has 0 bridgehead atoms. The van der Waals surface area contributed by atoms with Crippen LogP contribution in [-0.2, 0) is 20.9 Å². The number of rotatable bonds is 6. The lowest BCUT2D eigenvalue weighted by molar-refractivity contribution is -0.139. The second kappa shape index (κ2) is 8.81. The zero-order valence-electron chi connectivity index (χ0n) is 16.1. The quantitative estimate of drug-likeness (QED) is 0.644. The van der Waals surface area contributed by atoms with Crippen molar-refractivity contribution in [2.75, 3.05) is 25.6 Å². The van der Waals surface area contributed by atoms with Crippen molar-refractivity contribution in [2.24, 2.45) is 0 Å². The van der Waals surface area contributed by atoms with E-state index in [0.717, 1.165) is 12.1 Å². The third kappa shape index (κ3) is 5.32. The van der Waals surface area contributed by atoms with Crippen LogP contribution in [0.15, 0.2) is 41.3 Å². The number of ether oxygens (including phenoxy) is 2. The number of methoxy groups -OCH3 is 1. The molecule has 1 saturated heterocycles. The van der Waals surface area contributed by atoms with Crippen molar-refractivity contribution in [3.05, 3.63) is 53.3 Å². The van der Waals surface area contributed by atoms with E-state index in [0.29, 0.717) is 25.2 Å². The van der Waals surface area contributed by atoms with Gasteiger partial charge in [-0.15, -0.1) is 0 Å². The third-order valence-electron chi connectivity index (χ3n) is 4.51. The smallest absolute Gasteiger partial charge is 0.419 e. The van der Waals surface area contributed by atoms with Gasteiger partial charge in [-0.2, -0.15) is 13.2 Å². The Morgan fingerprint density at radius 3 is 2.55 bits per heavy atom. The number of carbonyl (C=O) groups excluding carboxylic acids is 1. The van der Waals surface area contributed by atoms with Gasteiger partial charge in [0.15, 0.2) is 0 Å². The highest BCUT2D eigenvalue weighted by atomic mass is 32.2. The van der Waals surface area contributed by atoms with E-state index in [4.69, 9.17) is 9.47 Å². The van der Waals surface area contributed by atoms with Crippen LogP contribution < -0.4 is 14.8 Å². The molecule has 0 unspecified atom stereocenters. The Morgan fingerprint density at radius 1 is 1.19 bits per heavy atom. The first-order valence-corrected chi connectivity index (χ1v) is 10.5. The van der Waals surface area contributed by atoms with Crippen molar-refractivity contribution in [2.45, 2.75) is 23.5 Å². The zero-order valence-corrected chi connectivity index (χ0v) is 16.9. The molecule has 0 saturated carbocycles. The Bertz CT molecular complexity index is 1080. The number of anilines is 1. The van der Waals surface area contributed by atoms with Gasteiger partial charge in [0.25, 0.3) is 5.91 Å². The summed E-state index contributed by atoms with van der Waals surface area (Å²) in [5.74, 6) is -2.42. The molecule has 0 radical (unpaired) electrons. The van der Waals surface area contributed by atoms with Gasteiger partial charge in [-0.1, -0.05) is 0 Å². The van der Waals surface area contributed by atoms with Gasteiger partial charge in [0, 0.05) is 18.3 Å². The van der Waals surface area contributed by atoms with Crippen molar-refractivity contribution < 1.29 is 40.2 Å². The maximum absolute atomic E-state index is 13.5. The van der Waals surface area contributed by atoms with E-state index >= 15 is 0 Å². The van der Waals surface area contributed by atoms with Crippen molar-refractivity contribution in [3.8, 4) is 5.75 Å². The van der Waals surface area contributed by atoms with Gasteiger partial charge < -0.3 is 14.8 Å². The van der Waals surface area contributed by atoms with Gasteiger partial charge in [0.2, 0.25) is 10.0 Å². The van der Waals surface area contributed by atoms with Gasteiger partial charge in [0.1, 0.15) is 11.6 Å². The average Bonchev–Trinajstić information content (AvgIpc) is 3.20. The summed E-state index contributed by atoms with van der Waals surface area (Å²) in [6.07, 6.45) is -4.46. The molecule has 168 valence electrons. The van der Waals surface area contributed by atoms with E-state index in [9.17, 15) is 30.8 Å². The fraction of sp³-hybridized carbons (Fsp3) is 0.316. The predicted octanol–water partition coefficient (Wildman–Crippen LogP) is 3.17. The lowest BCUT2D eigenvalue weighted by Gasteiger charge is -2.15. The summed E-state index contributed by atoms with van der Waals surface area (Å²) in [6.45, 7) is 0.635. The van der Waals surface area contributed by atoms with Crippen LogP contribution in [0, 0.1) is 5.82 Å². The fourth-order valence-corrected chi connectivity index (χ4v) is 4.25. The minimum Gasteiger partial charge on any atom is -0.496 e. The van der Waals surface area contributed by atoms with Crippen LogP contribution in [0.4, 0.5) is 23.2 Å². The molecular formula is C19H18F4N2O5S. The summed E-state index contributed by atoms with van der Waals surface area (Å²) in [7, 11) is -2.75. The lowest BCUT2D eigenvalue weighted by Crippen LogP contribution is -2.35. The highest BCUT2D eigenvalue weighted by Gasteiger charge is 2.34. The summed E-state index contributed by atoms with van der Waals surface area (Å²) in [5.41, 5.74) is -2.10. The Balaban J connectivity index is 1.89. The first-order chi connectivity index (χ1) is 14.5. The molecule has 2 aromatic carbocycles. The number of benzene rings is 2. The topological polar surface area (TPSA) is 93.7 Å². The zero-order chi connectivity index (χ0) is 22.8. The molecule has 0 spiro atoms. The van der Waals surface area contributed by atoms with Crippen molar-refractivity contribution in [3.63, 3.8) is 0 Å². The average molecular weight is 462 g/mol. The maximum Gasteiger partial charge on any atom is 0.419 e. The SMILES string of the molecule is COc1ccc(S(=O)(=O)N[C@H]2CCOC2)cc1C(=O)Nc1ccc(F)c(C(F)(F)F)c1. The van der Waals surface area contributed by atoms with Gasteiger partial charge in [-0.3, -0.25) is 4.79 Å². The van der Waals surface area contributed by atoms with Crippen molar-refractivity contribution in [1.82, 2.24) is 4.72 Å². The maximum atomic E-state index is 13.5. The van der Waals surface area contributed by atoms with Crippen LogP contribution >= 0.6 is 0 Å². The second-order valence-corrected chi connectivity index (χ2v) is 8.40. The third-order valence-corrected chi connectivity index (χ3v) is 6.03. The number of hydrogen-bond acceptors (Lipinski definition) is 5. The Hall–Kier alpha value is -2.70. The van der Waals surface area contributed by atoms with Gasteiger partial charge >= 0.3 is 6.18 Å². The molecule has 1 fully saturated rings. The predicted molar refractivity (Wildman–Crippen MR) is 102 cm³/mol. The molecule has 1 heterocycles. The van der Waals surface area contributed by atoms with Gasteiger partial charge in [0.05, 0.1) is 29.7 Å². The van der Waals surface area contributed by atoms with Gasteiger partial charge in [-0.05, 0) is 42.8 Å². The summed E-state index contributed by atoms with van der Waals surface area (Å²) < 4.78 is 90.0. The fourth-order valence-electron chi connectivity index (χ4n) is 2.97. The summed E-state index contributed by atoms with van der Waals surface area (Å²) in [6, 6.07) is 5.09. The molecule has 2 N–H and O–H groups in total. The number of alkyl halides is 3. The standard InChI is InChI=1S/C19H18F4N2O5S/c1-29-17-5-3-13(31(27,28)25-12-6-7-30-10-12)9-14(17)18(26)24-11-2-4-16(20)15(8-11)19(21,22)23/h2-5,8-9,12,25H,6-7,10H2,1H3,(H,24,26)/t12-/m0/s1. The first-order valence-electron chi connectivity index (χ1n) is 8.97. The number of hydrogen-bond donors (Lipinski definition) is 2. The van der Waals surface area contributed by atoms with Crippen molar-refractivity contribution in [1.29, 1.82) is 0 Å². The van der Waals surface area contributed by atoms with Crippen LogP contribution in [-0.4, -0.2) is 40.7 Å². The summed E-state index contributed by atoms with van der Waals surface area (Å²) >= 11 is 0. The number of carbonyl (C=O) groups is 1. The number of nitrogens with one attached hydrogen (secondary N) is 2. The molecule has 0 aromatic heterocycles. The monoisotopic (exact) mass is 462 g/mol. The Labute approximate surface area is 175 Å². The molecular weight excluding hydrogens is 444 g/mol. The molecule has 1 atom stereocenters. The molecule has 12 heteroatoms. The van der Waals surface area contributed by atoms with E-state index in [1.54, 1.807) is 0 Å². The van der Waals surface area contributed by atoms with Crippen LogP contribution in [0.2, 0.25) is 0 Å². The molecule has 2 aromatic rings. The normalized spacial score (nSPS) is 16.9. The number of amides is 1. The molecule has 3 rings (SSSR count). The minimum absolute atomic E-state index is 0.00111. The Kier molecular flexibility index (Phi) is 6.53. The van der Waals surface area contributed by atoms with Crippen LogP contribution in [0.25, 0.3) is 0 Å². The molecule has 31 heavy (non-hydrogen) atoms. The van der Waals surface area contributed by atoms with E-state index in [2.05, 4.69) is 10.0 Å². The second-order valence-electron chi connectivity index (χ2n) is 6.69. The van der Waals surface area contributed by atoms with E-state index in [1.807, 2.05) is 0 Å².